The smallest absolute Gasteiger partial charge is 0.119 e. The maximum atomic E-state index is 6.84. The summed E-state index contributed by atoms with van der Waals surface area (Å²) in [4.78, 5) is 0. The molecule has 2 fully saturated rings. The van der Waals surface area contributed by atoms with Crippen molar-refractivity contribution in [3.63, 3.8) is 0 Å². The van der Waals surface area contributed by atoms with Crippen LogP contribution in [0.3, 0.4) is 0 Å². The van der Waals surface area contributed by atoms with E-state index in [9.17, 15) is 0 Å². The molecule has 2 aromatic rings. The first-order valence-corrected chi connectivity index (χ1v) is 8.40. The summed E-state index contributed by atoms with van der Waals surface area (Å²) in [5.41, 5.74) is 1.28. The zero-order chi connectivity index (χ0) is 14.4. The molecule has 21 heavy (non-hydrogen) atoms. The zero-order valence-electron chi connectivity index (χ0n) is 12.4. The molecule has 0 spiro atoms. The second-order valence-electron chi connectivity index (χ2n) is 6.71. The van der Waals surface area contributed by atoms with Gasteiger partial charge in [0.25, 0.3) is 0 Å². The van der Waals surface area contributed by atoms with Gasteiger partial charge in [-0.15, -0.1) is 11.6 Å². The van der Waals surface area contributed by atoms with Crippen LogP contribution in [-0.2, 0) is 0 Å². The van der Waals surface area contributed by atoms with Crippen LogP contribution in [0.25, 0.3) is 10.8 Å². The summed E-state index contributed by atoms with van der Waals surface area (Å²) in [7, 11) is 1.71. The van der Waals surface area contributed by atoms with E-state index in [1.807, 2.05) is 6.07 Å². The Bertz CT molecular complexity index is 666. The third kappa shape index (κ3) is 2.32. The lowest BCUT2D eigenvalue weighted by Crippen LogP contribution is -2.15. The Labute approximate surface area is 131 Å². The minimum Gasteiger partial charge on any atom is -0.497 e. The van der Waals surface area contributed by atoms with Gasteiger partial charge in [-0.25, -0.2) is 0 Å². The van der Waals surface area contributed by atoms with Crippen LogP contribution in [0.15, 0.2) is 36.4 Å². The van der Waals surface area contributed by atoms with Crippen LogP contribution >= 0.6 is 11.6 Å². The summed E-state index contributed by atoms with van der Waals surface area (Å²) in [5, 5.41) is 2.64. The van der Waals surface area contributed by atoms with E-state index in [1.165, 1.54) is 42.0 Å². The molecule has 0 N–H and O–H groups in total. The number of ether oxygens (including phenoxy) is 1. The summed E-state index contributed by atoms with van der Waals surface area (Å²) in [6.07, 6.45) is 5.57. The molecule has 2 bridgehead atoms. The monoisotopic (exact) mass is 300 g/mol. The van der Waals surface area contributed by atoms with Crippen LogP contribution in [0.5, 0.6) is 5.75 Å². The average molecular weight is 301 g/mol. The fraction of sp³-hybridized carbons (Fsp3) is 0.474. The van der Waals surface area contributed by atoms with Crippen molar-refractivity contribution in [2.45, 2.75) is 31.1 Å². The molecule has 2 saturated carbocycles. The molecule has 4 rings (SSSR count). The highest BCUT2D eigenvalue weighted by atomic mass is 35.5. The second kappa shape index (κ2) is 5.21. The second-order valence-corrected chi connectivity index (χ2v) is 7.18. The Kier molecular flexibility index (Phi) is 3.34. The van der Waals surface area contributed by atoms with Crippen molar-refractivity contribution < 1.29 is 4.74 Å². The average Bonchev–Trinajstić information content (AvgIpc) is 3.16. The van der Waals surface area contributed by atoms with E-state index in [1.54, 1.807) is 7.11 Å². The van der Waals surface area contributed by atoms with E-state index in [-0.39, 0.29) is 5.38 Å². The van der Waals surface area contributed by atoms with Crippen LogP contribution in [0.1, 0.15) is 36.6 Å². The predicted molar refractivity (Wildman–Crippen MR) is 88.0 cm³/mol. The van der Waals surface area contributed by atoms with E-state index in [0.717, 1.165) is 17.6 Å². The molecule has 2 heteroatoms. The third-order valence-electron chi connectivity index (χ3n) is 5.56. The van der Waals surface area contributed by atoms with Gasteiger partial charge >= 0.3 is 0 Å². The van der Waals surface area contributed by atoms with Crippen molar-refractivity contribution in [2.24, 2.45) is 17.8 Å². The Morgan fingerprint density at radius 2 is 1.86 bits per heavy atom. The molecule has 1 nitrogen and oxygen atoms in total. The van der Waals surface area contributed by atoms with Crippen molar-refractivity contribution in [3.8, 4) is 5.75 Å². The van der Waals surface area contributed by atoms with Gasteiger partial charge < -0.3 is 4.74 Å². The highest BCUT2D eigenvalue weighted by Gasteiger charge is 2.42. The fourth-order valence-corrected chi connectivity index (χ4v) is 4.88. The Morgan fingerprint density at radius 3 is 2.57 bits per heavy atom. The van der Waals surface area contributed by atoms with E-state index in [2.05, 4.69) is 30.3 Å². The van der Waals surface area contributed by atoms with Crippen LogP contribution in [-0.4, -0.2) is 7.11 Å². The molecule has 0 amide bonds. The van der Waals surface area contributed by atoms with Crippen molar-refractivity contribution in [1.29, 1.82) is 0 Å². The number of alkyl halides is 1. The molecule has 0 aliphatic heterocycles. The first-order valence-electron chi connectivity index (χ1n) is 7.96. The molecular weight excluding hydrogens is 280 g/mol. The number of fused-ring (bicyclic) bond motifs is 3. The minimum absolute atomic E-state index is 0.173. The normalized spacial score (nSPS) is 29.0. The van der Waals surface area contributed by atoms with Gasteiger partial charge in [-0.3, -0.25) is 0 Å². The number of rotatable bonds is 3. The standard InChI is InChI=1S/C19H21ClO/c1-21-17-7-6-13-10-16(5-4-14(13)11-17)19(20)18-9-12-2-3-15(18)8-12/h4-7,10-12,15,18-19H,2-3,8-9H2,1H3. The SMILES string of the molecule is COc1ccc2cc(C(Cl)C3CC4CCC3C4)ccc2c1. The Morgan fingerprint density at radius 1 is 1.05 bits per heavy atom. The van der Waals surface area contributed by atoms with Crippen molar-refractivity contribution in [3.05, 3.63) is 42.0 Å². The molecule has 2 aliphatic rings. The summed E-state index contributed by atoms with van der Waals surface area (Å²) >= 11 is 6.84. The van der Waals surface area contributed by atoms with Gasteiger partial charge in [-0.05, 0) is 71.6 Å². The molecule has 110 valence electrons. The summed E-state index contributed by atoms with van der Waals surface area (Å²) in [6.45, 7) is 0. The number of methoxy groups -OCH3 is 1. The molecule has 2 aromatic carbocycles. The van der Waals surface area contributed by atoms with Crippen molar-refractivity contribution in [1.82, 2.24) is 0 Å². The summed E-state index contributed by atoms with van der Waals surface area (Å²) < 4.78 is 5.29. The van der Waals surface area contributed by atoms with Gasteiger partial charge in [0.15, 0.2) is 0 Å². The van der Waals surface area contributed by atoms with Crippen LogP contribution in [0, 0.1) is 17.8 Å². The van der Waals surface area contributed by atoms with Crippen LogP contribution in [0.2, 0.25) is 0 Å². The lowest BCUT2D eigenvalue weighted by atomic mass is 9.83. The maximum absolute atomic E-state index is 6.84. The van der Waals surface area contributed by atoms with Crippen molar-refractivity contribution in [2.75, 3.05) is 7.11 Å². The number of halogens is 1. The van der Waals surface area contributed by atoms with Crippen LogP contribution in [0.4, 0.5) is 0 Å². The largest absolute Gasteiger partial charge is 0.497 e. The fourth-order valence-electron chi connectivity index (χ4n) is 4.44. The summed E-state index contributed by atoms with van der Waals surface area (Å²) in [6, 6.07) is 12.9. The van der Waals surface area contributed by atoms with Gasteiger partial charge in [0.1, 0.15) is 5.75 Å². The molecule has 0 aromatic heterocycles. The first-order chi connectivity index (χ1) is 10.2. The van der Waals surface area contributed by atoms with Gasteiger partial charge in [0.05, 0.1) is 12.5 Å². The molecule has 0 saturated heterocycles. The summed E-state index contributed by atoms with van der Waals surface area (Å²) in [5.74, 6) is 3.40. The molecule has 0 radical (unpaired) electrons. The first kappa shape index (κ1) is 13.5. The Hall–Kier alpha value is -1.21. The third-order valence-corrected chi connectivity index (χ3v) is 6.13. The van der Waals surface area contributed by atoms with E-state index < -0.39 is 0 Å². The van der Waals surface area contributed by atoms with E-state index >= 15 is 0 Å². The van der Waals surface area contributed by atoms with Gasteiger partial charge in [0, 0.05) is 0 Å². The molecule has 2 aliphatic carbocycles. The topological polar surface area (TPSA) is 9.23 Å². The predicted octanol–water partition coefficient (Wildman–Crippen LogP) is 5.56. The van der Waals surface area contributed by atoms with Gasteiger partial charge in [-0.2, -0.15) is 0 Å². The highest BCUT2D eigenvalue weighted by Crippen LogP contribution is 2.54. The highest BCUT2D eigenvalue weighted by molar-refractivity contribution is 6.21. The lowest BCUT2D eigenvalue weighted by molar-refractivity contribution is 0.323. The lowest BCUT2D eigenvalue weighted by Gasteiger charge is -2.26. The quantitative estimate of drug-likeness (QED) is 0.674. The number of benzene rings is 2. The van der Waals surface area contributed by atoms with Gasteiger partial charge in [0.2, 0.25) is 0 Å². The van der Waals surface area contributed by atoms with Gasteiger partial charge in [-0.1, -0.05) is 24.6 Å². The molecule has 4 atom stereocenters. The minimum atomic E-state index is 0.173. The number of hydrogen-bond acceptors (Lipinski definition) is 1. The number of hydrogen-bond donors (Lipinski definition) is 0. The zero-order valence-corrected chi connectivity index (χ0v) is 13.1. The molecular formula is C19H21ClO. The van der Waals surface area contributed by atoms with E-state index in [0.29, 0.717) is 5.92 Å². The van der Waals surface area contributed by atoms with Crippen LogP contribution < -0.4 is 4.74 Å². The van der Waals surface area contributed by atoms with E-state index in [4.69, 9.17) is 16.3 Å². The maximum Gasteiger partial charge on any atom is 0.119 e. The molecule has 4 unspecified atom stereocenters. The molecule has 0 heterocycles. The Balaban J connectivity index is 1.64. The van der Waals surface area contributed by atoms with Crippen molar-refractivity contribution >= 4 is 22.4 Å².